The Balaban J connectivity index is 1.40. The van der Waals surface area contributed by atoms with Crippen molar-refractivity contribution in [2.24, 2.45) is 5.92 Å². The summed E-state index contributed by atoms with van der Waals surface area (Å²) in [4.78, 5) is 33.6. The van der Waals surface area contributed by atoms with Gasteiger partial charge < -0.3 is 9.80 Å². The minimum absolute atomic E-state index is 0.180. The van der Waals surface area contributed by atoms with Gasteiger partial charge in [-0.1, -0.05) is 48.5 Å². The maximum atomic E-state index is 13.1. The molecule has 0 radical (unpaired) electrons. The first kappa shape index (κ1) is 18.5. The van der Waals surface area contributed by atoms with Crippen LogP contribution in [0.4, 0.5) is 0 Å². The van der Waals surface area contributed by atoms with E-state index in [-0.39, 0.29) is 23.6 Å². The van der Waals surface area contributed by atoms with Crippen LogP contribution in [0, 0.1) is 5.92 Å². The zero-order valence-corrected chi connectivity index (χ0v) is 16.6. The molecule has 1 saturated carbocycles. The lowest BCUT2D eigenvalue weighted by atomic mass is 10.2. The van der Waals surface area contributed by atoms with E-state index in [0.29, 0.717) is 32.0 Å². The molecule has 1 saturated heterocycles. The van der Waals surface area contributed by atoms with Gasteiger partial charge in [-0.15, -0.1) is 5.10 Å². The lowest BCUT2D eigenvalue weighted by molar-refractivity contribution is -0.134. The summed E-state index contributed by atoms with van der Waals surface area (Å²) in [6, 6.07) is 19.4. The molecule has 1 aliphatic carbocycles. The smallest absolute Gasteiger partial charge is 0.293 e. The highest BCUT2D eigenvalue weighted by molar-refractivity contribution is 5.91. The molecule has 7 heteroatoms. The highest BCUT2D eigenvalue weighted by Crippen LogP contribution is 2.31. The van der Waals surface area contributed by atoms with Crippen LogP contribution in [0.2, 0.25) is 0 Å². The van der Waals surface area contributed by atoms with Gasteiger partial charge in [-0.05, 0) is 25.0 Å². The molecule has 1 aromatic heterocycles. The first-order valence-corrected chi connectivity index (χ1v) is 10.4. The Morgan fingerprint density at radius 2 is 1.40 bits per heavy atom. The summed E-state index contributed by atoms with van der Waals surface area (Å²) in [5.41, 5.74) is 1.75. The number of carbonyl (C=O) groups is 2. The van der Waals surface area contributed by atoms with Crippen molar-refractivity contribution in [1.82, 2.24) is 24.6 Å². The Kier molecular flexibility index (Phi) is 4.78. The molecule has 2 amide bonds. The fraction of sp³-hybridized carbons (Fsp3) is 0.304. The van der Waals surface area contributed by atoms with Gasteiger partial charge >= 0.3 is 0 Å². The molecule has 152 valence electrons. The van der Waals surface area contributed by atoms with Crippen LogP contribution in [0.15, 0.2) is 60.7 Å². The highest BCUT2D eigenvalue weighted by Gasteiger charge is 2.35. The normalized spacial score (nSPS) is 16.5. The van der Waals surface area contributed by atoms with Crippen LogP contribution in [-0.2, 0) is 4.79 Å². The van der Waals surface area contributed by atoms with E-state index in [4.69, 9.17) is 0 Å². The Morgan fingerprint density at radius 1 is 0.800 bits per heavy atom. The monoisotopic (exact) mass is 401 g/mol. The zero-order chi connectivity index (χ0) is 20.5. The van der Waals surface area contributed by atoms with E-state index in [0.717, 1.165) is 24.1 Å². The molecule has 2 aromatic carbocycles. The van der Waals surface area contributed by atoms with Gasteiger partial charge in [0.05, 0.1) is 5.69 Å². The fourth-order valence-corrected chi connectivity index (χ4v) is 3.79. The van der Waals surface area contributed by atoms with Crippen molar-refractivity contribution in [3.8, 4) is 17.1 Å². The predicted octanol–water partition coefficient (Wildman–Crippen LogP) is 2.63. The van der Waals surface area contributed by atoms with Gasteiger partial charge in [0.25, 0.3) is 5.91 Å². The number of hydrogen-bond acceptors (Lipinski definition) is 4. The molecule has 2 heterocycles. The summed E-state index contributed by atoms with van der Waals surface area (Å²) in [5.74, 6) is 1.07. The van der Waals surface area contributed by atoms with Crippen LogP contribution in [-0.4, -0.2) is 62.6 Å². The third-order valence-corrected chi connectivity index (χ3v) is 5.64. The van der Waals surface area contributed by atoms with Gasteiger partial charge in [0.1, 0.15) is 0 Å². The maximum absolute atomic E-state index is 13.1. The Morgan fingerprint density at radius 3 is 2.03 bits per heavy atom. The van der Waals surface area contributed by atoms with Crippen LogP contribution in [0.25, 0.3) is 17.1 Å². The van der Waals surface area contributed by atoms with Crippen molar-refractivity contribution in [1.29, 1.82) is 0 Å². The minimum Gasteiger partial charge on any atom is -0.339 e. The molecule has 30 heavy (non-hydrogen) atoms. The molecular weight excluding hydrogens is 378 g/mol. The molecular formula is C23H23N5O2. The third kappa shape index (κ3) is 3.58. The maximum Gasteiger partial charge on any atom is 0.293 e. The molecule has 1 aliphatic heterocycles. The van der Waals surface area contributed by atoms with Gasteiger partial charge in [0.15, 0.2) is 5.82 Å². The fourth-order valence-electron chi connectivity index (χ4n) is 3.79. The molecule has 0 unspecified atom stereocenters. The lowest BCUT2D eigenvalue weighted by Gasteiger charge is -2.34. The molecule has 0 atom stereocenters. The van der Waals surface area contributed by atoms with Crippen LogP contribution in [0.1, 0.15) is 23.5 Å². The van der Waals surface area contributed by atoms with E-state index in [2.05, 4.69) is 10.1 Å². The van der Waals surface area contributed by atoms with Gasteiger partial charge in [-0.2, -0.15) is 0 Å². The lowest BCUT2D eigenvalue weighted by Crippen LogP contribution is -2.51. The third-order valence-electron chi connectivity index (χ3n) is 5.64. The van der Waals surface area contributed by atoms with E-state index in [1.165, 1.54) is 0 Å². The van der Waals surface area contributed by atoms with E-state index < -0.39 is 0 Å². The van der Waals surface area contributed by atoms with Gasteiger partial charge in [0.2, 0.25) is 11.7 Å². The number of aromatic nitrogens is 3. The Bertz CT molecular complexity index is 995. The number of hydrogen-bond donors (Lipinski definition) is 0. The second-order valence-corrected chi connectivity index (χ2v) is 7.76. The summed E-state index contributed by atoms with van der Waals surface area (Å²) >= 11 is 0. The number of rotatable bonds is 4. The Labute approximate surface area is 174 Å². The second-order valence-electron chi connectivity index (χ2n) is 7.76. The predicted molar refractivity (Wildman–Crippen MR) is 112 cm³/mol. The molecule has 3 aromatic rings. The number of nitrogens with zero attached hydrogens (tertiary/aromatic N) is 5. The first-order chi connectivity index (χ1) is 14.7. The number of carbonyl (C=O) groups excluding carboxylic acids is 2. The number of benzene rings is 2. The van der Waals surface area contributed by atoms with Crippen molar-refractivity contribution in [3.63, 3.8) is 0 Å². The molecule has 2 fully saturated rings. The largest absolute Gasteiger partial charge is 0.339 e. The molecule has 7 nitrogen and oxygen atoms in total. The van der Waals surface area contributed by atoms with Crippen LogP contribution in [0.5, 0.6) is 0 Å². The number of para-hydroxylation sites is 1. The van der Waals surface area contributed by atoms with Crippen LogP contribution >= 0.6 is 0 Å². The summed E-state index contributed by atoms with van der Waals surface area (Å²) in [7, 11) is 0. The van der Waals surface area contributed by atoms with Crippen molar-refractivity contribution < 1.29 is 9.59 Å². The zero-order valence-electron chi connectivity index (χ0n) is 16.6. The van der Waals surface area contributed by atoms with Crippen LogP contribution < -0.4 is 0 Å². The van der Waals surface area contributed by atoms with E-state index in [9.17, 15) is 9.59 Å². The minimum atomic E-state index is -0.194. The molecule has 0 spiro atoms. The SMILES string of the molecule is O=C(c1nc(-c2ccccc2)n(-c2ccccc2)n1)N1CCN(C(=O)C2CC2)CC1. The van der Waals surface area contributed by atoms with Crippen molar-refractivity contribution in [2.75, 3.05) is 26.2 Å². The topological polar surface area (TPSA) is 71.3 Å². The summed E-state index contributed by atoms with van der Waals surface area (Å²) in [5, 5.41) is 4.56. The van der Waals surface area contributed by atoms with Crippen molar-refractivity contribution in [3.05, 3.63) is 66.5 Å². The highest BCUT2D eigenvalue weighted by atomic mass is 16.2. The number of piperazine rings is 1. The standard InChI is InChI=1S/C23H23N5O2/c29-22(18-11-12-18)26-13-15-27(16-14-26)23(30)20-24-21(17-7-3-1-4-8-17)28(25-20)19-9-5-2-6-10-19/h1-10,18H,11-16H2. The van der Waals surface area contributed by atoms with Crippen LogP contribution in [0.3, 0.4) is 0 Å². The van der Waals surface area contributed by atoms with Gasteiger partial charge in [-0.25, -0.2) is 9.67 Å². The molecule has 5 rings (SSSR count). The molecule has 0 N–H and O–H groups in total. The number of amides is 2. The first-order valence-electron chi connectivity index (χ1n) is 10.4. The molecule has 0 bridgehead atoms. The van der Waals surface area contributed by atoms with E-state index in [1.54, 1.807) is 9.58 Å². The summed E-state index contributed by atoms with van der Waals surface area (Å²) in [6.45, 7) is 2.17. The Hall–Kier alpha value is -3.48. The second kappa shape index (κ2) is 7.74. The van der Waals surface area contributed by atoms with E-state index >= 15 is 0 Å². The average Bonchev–Trinajstić information content (AvgIpc) is 3.57. The summed E-state index contributed by atoms with van der Waals surface area (Å²) in [6.07, 6.45) is 2.00. The van der Waals surface area contributed by atoms with Crippen molar-refractivity contribution >= 4 is 11.8 Å². The average molecular weight is 401 g/mol. The van der Waals surface area contributed by atoms with E-state index in [1.807, 2.05) is 65.6 Å². The van der Waals surface area contributed by atoms with Gasteiger partial charge in [0, 0.05) is 37.7 Å². The van der Waals surface area contributed by atoms with Crippen molar-refractivity contribution in [2.45, 2.75) is 12.8 Å². The quantitative estimate of drug-likeness (QED) is 0.674. The molecule has 2 aliphatic rings. The van der Waals surface area contributed by atoms with Gasteiger partial charge in [-0.3, -0.25) is 9.59 Å². The summed E-state index contributed by atoms with van der Waals surface area (Å²) < 4.78 is 1.72.